The van der Waals surface area contributed by atoms with Crippen LogP contribution in [0.2, 0.25) is 0 Å². The average Bonchev–Trinajstić information content (AvgIpc) is 3.59. The Bertz CT molecular complexity index is 994. The molecule has 0 bridgehead atoms. The minimum Gasteiger partial charge on any atom is -0.303 e. The second kappa shape index (κ2) is 12.2. The highest BCUT2D eigenvalue weighted by molar-refractivity contribution is 5.47. The Morgan fingerprint density at radius 2 is 1.15 bits per heavy atom. The molecule has 0 N–H and O–H groups in total. The van der Waals surface area contributed by atoms with Crippen molar-refractivity contribution in [3.63, 3.8) is 0 Å². The number of rotatable bonds is 11. The zero-order chi connectivity index (χ0) is 28.2. The number of hydrogen-bond acceptors (Lipinski definition) is 1. The zero-order valence-corrected chi connectivity index (χ0v) is 22.9. The van der Waals surface area contributed by atoms with Crippen molar-refractivity contribution in [1.82, 2.24) is 4.90 Å². The third-order valence-electron chi connectivity index (χ3n) is 9.21. The van der Waals surface area contributed by atoms with Gasteiger partial charge in [0.15, 0.2) is 0 Å². The van der Waals surface area contributed by atoms with E-state index in [1.807, 2.05) is 18.2 Å². The van der Waals surface area contributed by atoms with Gasteiger partial charge in [0.05, 0.1) is 10.8 Å². The van der Waals surface area contributed by atoms with Crippen molar-refractivity contribution in [2.45, 2.75) is 107 Å². The summed E-state index contributed by atoms with van der Waals surface area (Å²) in [5.74, 6) is 0. The summed E-state index contributed by atoms with van der Waals surface area (Å²) >= 11 is 0. The van der Waals surface area contributed by atoms with E-state index in [0.29, 0.717) is 44.2 Å². The lowest BCUT2D eigenvalue weighted by atomic mass is 9.69. The van der Waals surface area contributed by atoms with E-state index in [1.165, 1.54) is 23.8 Å². The van der Waals surface area contributed by atoms with E-state index in [2.05, 4.69) is 24.0 Å². The molecule has 0 amide bonds. The minimum absolute atomic E-state index is 0.0506. The summed E-state index contributed by atoms with van der Waals surface area (Å²) in [5.41, 5.74) is -2.37. The van der Waals surface area contributed by atoms with Gasteiger partial charge < -0.3 is 4.90 Å². The summed E-state index contributed by atoms with van der Waals surface area (Å²) in [5, 5.41) is 0. The maximum Gasteiger partial charge on any atom is 0.398 e. The fourth-order valence-corrected chi connectivity index (χ4v) is 7.18. The molecule has 1 nitrogen and oxygen atoms in total. The SMILES string of the molecule is CCCN(CCCc1c(C2(C(F)(F)F)CCCC2)cccc1C1(C(F)(F)F)CCCC1)CCc1ccccc1. The molecule has 2 aliphatic carbocycles. The van der Waals surface area contributed by atoms with E-state index >= 15 is 0 Å². The van der Waals surface area contributed by atoms with Crippen molar-refractivity contribution in [1.29, 1.82) is 0 Å². The van der Waals surface area contributed by atoms with Crippen LogP contribution in [-0.2, 0) is 23.7 Å². The van der Waals surface area contributed by atoms with Gasteiger partial charge in [0.25, 0.3) is 0 Å². The lowest BCUT2D eigenvalue weighted by Gasteiger charge is -2.39. The lowest BCUT2D eigenvalue weighted by molar-refractivity contribution is -0.191. The van der Waals surface area contributed by atoms with Crippen LogP contribution in [-0.4, -0.2) is 36.9 Å². The Morgan fingerprint density at radius 1 is 0.641 bits per heavy atom. The Hall–Kier alpha value is -2.02. The van der Waals surface area contributed by atoms with Gasteiger partial charge in [-0.05, 0) is 86.7 Å². The van der Waals surface area contributed by atoms with Gasteiger partial charge >= 0.3 is 12.4 Å². The summed E-state index contributed by atoms with van der Waals surface area (Å²) in [4.78, 5) is 2.29. The number of benzene rings is 2. The van der Waals surface area contributed by atoms with Gasteiger partial charge in [-0.1, -0.05) is 81.1 Å². The van der Waals surface area contributed by atoms with E-state index in [-0.39, 0.29) is 43.2 Å². The van der Waals surface area contributed by atoms with E-state index < -0.39 is 23.2 Å². The van der Waals surface area contributed by atoms with Crippen molar-refractivity contribution >= 4 is 0 Å². The molecule has 0 aliphatic heterocycles. The quantitative estimate of drug-likeness (QED) is 0.251. The van der Waals surface area contributed by atoms with Crippen LogP contribution in [0.25, 0.3) is 0 Å². The van der Waals surface area contributed by atoms with Gasteiger partial charge in [-0.15, -0.1) is 0 Å². The Labute approximate surface area is 229 Å². The monoisotopic (exact) mass is 553 g/mol. The Morgan fingerprint density at radius 3 is 1.62 bits per heavy atom. The van der Waals surface area contributed by atoms with Crippen LogP contribution in [0, 0.1) is 0 Å². The number of nitrogens with zero attached hydrogens (tertiary/aromatic N) is 1. The summed E-state index contributed by atoms with van der Waals surface area (Å²) < 4.78 is 88.2. The van der Waals surface area contributed by atoms with Crippen LogP contribution < -0.4 is 0 Å². The van der Waals surface area contributed by atoms with Gasteiger partial charge in [0, 0.05) is 6.54 Å². The molecule has 0 heterocycles. The summed E-state index contributed by atoms with van der Waals surface area (Å²) in [6.07, 6.45) is -4.88. The van der Waals surface area contributed by atoms with E-state index in [0.717, 1.165) is 25.9 Å². The van der Waals surface area contributed by atoms with Crippen LogP contribution in [0.1, 0.15) is 93.4 Å². The number of hydrogen-bond donors (Lipinski definition) is 0. The van der Waals surface area contributed by atoms with Crippen molar-refractivity contribution in [2.75, 3.05) is 19.6 Å². The molecule has 7 heteroatoms. The minimum atomic E-state index is -4.50. The fraction of sp³-hybridized carbons (Fsp3) is 0.625. The number of alkyl halides is 6. The molecule has 4 rings (SSSR count). The molecule has 0 unspecified atom stereocenters. The molecule has 0 atom stereocenters. The molecule has 2 aliphatic rings. The third-order valence-corrected chi connectivity index (χ3v) is 9.21. The molecule has 2 fully saturated rings. The molecule has 0 spiro atoms. The predicted molar refractivity (Wildman–Crippen MR) is 144 cm³/mol. The van der Waals surface area contributed by atoms with E-state index in [4.69, 9.17) is 0 Å². The first-order valence-corrected chi connectivity index (χ1v) is 14.6. The maximum absolute atomic E-state index is 14.7. The van der Waals surface area contributed by atoms with Crippen LogP contribution in [0.15, 0.2) is 48.5 Å². The van der Waals surface area contributed by atoms with Gasteiger partial charge in [-0.25, -0.2) is 0 Å². The smallest absolute Gasteiger partial charge is 0.303 e. The summed E-state index contributed by atoms with van der Waals surface area (Å²) in [6, 6.07) is 14.5. The maximum atomic E-state index is 14.7. The van der Waals surface area contributed by atoms with Gasteiger partial charge in [-0.2, -0.15) is 26.3 Å². The van der Waals surface area contributed by atoms with Crippen molar-refractivity contribution in [3.8, 4) is 0 Å². The van der Waals surface area contributed by atoms with E-state index in [9.17, 15) is 26.3 Å². The van der Waals surface area contributed by atoms with Crippen molar-refractivity contribution in [2.24, 2.45) is 0 Å². The predicted octanol–water partition coefficient (Wildman–Crippen LogP) is 9.32. The van der Waals surface area contributed by atoms with Crippen LogP contribution in [0.5, 0.6) is 0 Å². The molecule has 39 heavy (non-hydrogen) atoms. The van der Waals surface area contributed by atoms with Gasteiger partial charge in [0.1, 0.15) is 0 Å². The van der Waals surface area contributed by atoms with Crippen molar-refractivity contribution < 1.29 is 26.3 Å². The van der Waals surface area contributed by atoms with E-state index in [1.54, 1.807) is 0 Å². The third kappa shape index (κ3) is 6.18. The summed E-state index contributed by atoms with van der Waals surface area (Å²) in [6.45, 7) is 4.39. The first-order chi connectivity index (χ1) is 18.5. The Balaban J connectivity index is 1.67. The molecule has 2 saturated carbocycles. The second-order valence-corrected chi connectivity index (χ2v) is 11.6. The first-order valence-electron chi connectivity index (χ1n) is 14.6. The highest BCUT2D eigenvalue weighted by Crippen LogP contribution is 2.57. The molecular weight excluding hydrogens is 512 g/mol. The molecule has 2 aromatic carbocycles. The highest BCUT2D eigenvalue weighted by atomic mass is 19.4. The van der Waals surface area contributed by atoms with Crippen LogP contribution in [0.3, 0.4) is 0 Å². The molecule has 0 aromatic heterocycles. The topological polar surface area (TPSA) is 3.24 Å². The Kier molecular flexibility index (Phi) is 9.40. The van der Waals surface area contributed by atoms with Crippen molar-refractivity contribution in [3.05, 3.63) is 70.8 Å². The highest BCUT2D eigenvalue weighted by Gasteiger charge is 2.60. The van der Waals surface area contributed by atoms with Crippen LogP contribution in [0.4, 0.5) is 26.3 Å². The normalized spacial score (nSPS) is 19.2. The van der Waals surface area contributed by atoms with Crippen LogP contribution >= 0.6 is 0 Å². The number of halogens is 6. The molecule has 0 radical (unpaired) electrons. The first kappa shape index (κ1) is 30.0. The largest absolute Gasteiger partial charge is 0.398 e. The lowest BCUT2D eigenvalue weighted by Crippen LogP contribution is -2.44. The molecular formula is C32H41F6N. The summed E-state index contributed by atoms with van der Waals surface area (Å²) in [7, 11) is 0. The molecule has 0 saturated heterocycles. The average molecular weight is 554 g/mol. The second-order valence-electron chi connectivity index (χ2n) is 11.6. The van der Waals surface area contributed by atoms with Gasteiger partial charge in [0.2, 0.25) is 0 Å². The zero-order valence-electron chi connectivity index (χ0n) is 22.9. The van der Waals surface area contributed by atoms with Gasteiger partial charge in [-0.3, -0.25) is 0 Å². The molecule has 216 valence electrons. The fourth-order valence-electron chi connectivity index (χ4n) is 7.18. The molecule has 2 aromatic rings. The standard InChI is InChI=1S/C32H41F6N/c1-2-22-39(24-17-25-12-4-3-5-13-25)23-11-14-26-27(29(31(33,34)35)18-6-7-19-29)15-10-16-28(26)30(32(36,37)38)20-8-9-21-30/h3-5,10,12-13,15-16H,2,6-9,11,14,17-24H2,1H3.